The number of aliphatic imine (C=N–C) groups is 1. The van der Waals surface area contributed by atoms with Crippen LogP contribution in [0.4, 0.5) is 4.39 Å². The standard InChI is InChI=1S/C12H12FNOS/c13-11-6-4-10(5-7-11)12(15)3-1-2-8-14-9-16/h4-7H,1-3,8H2. The minimum absolute atomic E-state index is 0.0336. The molecule has 84 valence electrons. The van der Waals surface area contributed by atoms with Crippen LogP contribution in [0.1, 0.15) is 29.6 Å². The molecule has 0 aliphatic carbocycles. The number of Topliss-reactive ketones (excluding diaryl/α,β-unsaturated/α-hetero) is 1. The molecule has 0 aromatic heterocycles. The molecule has 0 fully saturated rings. The molecule has 0 bridgehead atoms. The lowest BCUT2D eigenvalue weighted by Gasteiger charge is -1.99. The number of rotatable bonds is 6. The molecule has 1 rings (SSSR count). The minimum atomic E-state index is -0.327. The third kappa shape index (κ3) is 4.43. The van der Waals surface area contributed by atoms with Crippen LogP contribution in [-0.4, -0.2) is 17.5 Å². The number of carbonyl (C=O) groups is 1. The van der Waals surface area contributed by atoms with Gasteiger partial charge in [0.1, 0.15) is 5.82 Å². The first-order valence-electron chi connectivity index (χ1n) is 5.06. The number of unbranched alkanes of at least 4 members (excludes halogenated alkanes) is 1. The van der Waals surface area contributed by atoms with Crippen molar-refractivity contribution in [3.05, 3.63) is 35.6 Å². The Bertz CT molecular complexity index is 396. The van der Waals surface area contributed by atoms with Crippen LogP contribution in [0, 0.1) is 5.82 Å². The fourth-order valence-electron chi connectivity index (χ4n) is 1.30. The van der Waals surface area contributed by atoms with Gasteiger partial charge < -0.3 is 0 Å². The monoisotopic (exact) mass is 237 g/mol. The summed E-state index contributed by atoms with van der Waals surface area (Å²) in [5.74, 6) is -0.293. The maximum absolute atomic E-state index is 12.6. The fraction of sp³-hybridized carbons (Fsp3) is 0.333. The largest absolute Gasteiger partial charge is 0.294 e. The van der Waals surface area contributed by atoms with Gasteiger partial charge in [0.15, 0.2) is 5.78 Å². The first kappa shape index (κ1) is 12.7. The molecular formula is C12H12FNOS. The summed E-state index contributed by atoms with van der Waals surface area (Å²) in [5.41, 5.74) is 0.555. The molecular weight excluding hydrogens is 225 g/mol. The van der Waals surface area contributed by atoms with Gasteiger partial charge in [0.2, 0.25) is 0 Å². The van der Waals surface area contributed by atoms with E-state index >= 15 is 0 Å². The molecule has 16 heavy (non-hydrogen) atoms. The van der Waals surface area contributed by atoms with Crippen molar-refractivity contribution < 1.29 is 9.18 Å². The smallest absolute Gasteiger partial charge is 0.162 e. The third-order valence-corrected chi connectivity index (χ3v) is 2.28. The van der Waals surface area contributed by atoms with Gasteiger partial charge in [0, 0.05) is 18.5 Å². The van der Waals surface area contributed by atoms with Crippen molar-refractivity contribution in [2.24, 2.45) is 4.99 Å². The Balaban J connectivity index is 2.35. The summed E-state index contributed by atoms with van der Waals surface area (Å²) >= 11 is 4.42. The Labute approximate surface area is 99.2 Å². The van der Waals surface area contributed by atoms with Crippen LogP contribution in [0.25, 0.3) is 0 Å². The molecule has 1 aromatic rings. The van der Waals surface area contributed by atoms with E-state index in [0.717, 1.165) is 12.8 Å². The van der Waals surface area contributed by atoms with E-state index in [2.05, 4.69) is 22.4 Å². The number of hydrogen-bond acceptors (Lipinski definition) is 3. The van der Waals surface area contributed by atoms with Crippen LogP contribution in [0.2, 0.25) is 0 Å². The molecule has 1 aromatic carbocycles. The summed E-state index contributed by atoms with van der Waals surface area (Å²) in [6.07, 6.45) is 2.03. The van der Waals surface area contributed by atoms with Crippen LogP contribution in [0.5, 0.6) is 0 Å². The van der Waals surface area contributed by atoms with Gasteiger partial charge in [-0.3, -0.25) is 4.79 Å². The highest BCUT2D eigenvalue weighted by atomic mass is 32.1. The highest BCUT2D eigenvalue weighted by Crippen LogP contribution is 2.08. The quantitative estimate of drug-likeness (QED) is 0.329. The summed E-state index contributed by atoms with van der Waals surface area (Å²) in [7, 11) is 0. The van der Waals surface area contributed by atoms with E-state index in [1.54, 1.807) is 0 Å². The highest BCUT2D eigenvalue weighted by molar-refractivity contribution is 7.78. The van der Waals surface area contributed by atoms with Gasteiger partial charge in [-0.25, -0.2) is 9.38 Å². The Morgan fingerprint density at radius 1 is 1.31 bits per heavy atom. The number of ketones is 1. The van der Waals surface area contributed by atoms with Crippen molar-refractivity contribution in [1.29, 1.82) is 0 Å². The van der Waals surface area contributed by atoms with E-state index in [4.69, 9.17) is 0 Å². The van der Waals surface area contributed by atoms with E-state index in [-0.39, 0.29) is 11.6 Å². The van der Waals surface area contributed by atoms with Crippen LogP contribution in [0.3, 0.4) is 0 Å². The first-order valence-corrected chi connectivity index (χ1v) is 5.47. The third-order valence-electron chi connectivity index (χ3n) is 2.15. The predicted molar refractivity (Wildman–Crippen MR) is 64.5 cm³/mol. The summed E-state index contributed by atoms with van der Waals surface area (Å²) in [5, 5.41) is 2.28. The fourth-order valence-corrected chi connectivity index (χ4v) is 1.39. The van der Waals surface area contributed by atoms with Gasteiger partial charge in [-0.15, -0.1) is 0 Å². The number of halogens is 1. The average Bonchev–Trinajstić information content (AvgIpc) is 2.29. The van der Waals surface area contributed by atoms with Crippen molar-refractivity contribution in [2.75, 3.05) is 6.54 Å². The van der Waals surface area contributed by atoms with Crippen LogP contribution in [-0.2, 0) is 0 Å². The van der Waals surface area contributed by atoms with Crippen molar-refractivity contribution in [3.8, 4) is 0 Å². The van der Waals surface area contributed by atoms with Crippen molar-refractivity contribution in [2.45, 2.75) is 19.3 Å². The lowest BCUT2D eigenvalue weighted by molar-refractivity contribution is 0.0979. The van der Waals surface area contributed by atoms with Gasteiger partial charge in [0.05, 0.1) is 5.16 Å². The number of isothiocyanates is 1. The van der Waals surface area contributed by atoms with Crippen LogP contribution in [0.15, 0.2) is 29.3 Å². The maximum atomic E-state index is 12.6. The van der Waals surface area contributed by atoms with E-state index in [0.29, 0.717) is 18.5 Å². The molecule has 0 saturated heterocycles. The molecule has 0 aliphatic heterocycles. The molecule has 0 N–H and O–H groups in total. The second kappa shape index (κ2) is 6.99. The molecule has 0 aliphatic rings. The Kier molecular flexibility index (Phi) is 5.54. The Hall–Kier alpha value is -1.38. The van der Waals surface area contributed by atoms with Gasteiger partial charge >= 0.3 is 0 Å². The number of nitrogens with zero attached hydrogens (tertiary/aromatic N) is 1. The van der Waals surface area contributed by atoms with Crippen molar-refractivity contribution in [3.63, 3.8) is 0 Å². The van der Waals surface area contributed by atoms with Crippen LogP contribution < -0.4 is 0 Å². The zero-order chi connectivity index (χ0) is 11.8. The lowest BCUT2D eigenvalue weighted by Crippen LogP contribution is -1.99. The molecule has 0 spiro atoms. The molecule has 0 amide bonds. The number of thiocarbonyl (C=S) groups is 1. The predicted octanol–water partition coefficient (Wildman–Crippen LogP) is 3.28. The van der Waals surface area contributed by atoms with E-state index < -0.39 is 0 Å². The normalized spacial score (nSPS) is 9.56. The Morgan fingerprint density at radius 2 is 2.00 bits per heavy atom. The van der Waals surface area contributed by atoms with E-state index in [9.17, 15) is 9.18 Å². The van der Waals surface area contributed by atoms with Crippen molar-refractivity contribution in [1.82, 2.24) is 0 Å². The molecule has 0 atom stereocenters. The first-order chi connectivity index (χ1) is 7.74. The second-order valence-electron chi connectivity index (χ2n) is 3.36. The highest BCUT2D eigenvalue weighted by Gasteiger charge is 2.04. The average molecular weight is 237 g/mol. The second-order valence-corrected chi connectivity index (χ2v) is 3.54. The topological polar surface area (TPSA) is 29.4 Å². The number of carbonyl (C=O) groups excluding carboxylic acids is 1. The maximum Gasteiger partial charge on any atom is 0.162 e. The molecule has 0 radical (unpaired) electrons. The molecule has 0 unspecified atom stereocenters. The minimum Gasteiger partial charge on any atom is -0.294 e. The van der Waals surface area contributed by atoms with Gasteiger partial charge in [-0.2, -0.15) is 0 Å². The lowest BCUT2D eigenvalue weighted by atomic mass is 10.1. The van der Waals surface area contributed by atoms with Crippen molar-refractivity contribution >= 4 is 23.2 Å². The summed E-state index contributed by atoms with van der Waals surface area (Å²) < 4.78 is 12.6. The van der Waals surface area contributed by atoms with Crippen LogP contribution >= 0.6 is 12.2 Å². The number of benzene rings is 1. The van der Waals surface area contributed by atoms with E-state index in [1.807, 2.05) is 0 Å². The molecule has 0 heterocycles. The number of hydrogen-bond donors (Lipinski definition) is 0. The molecule has 2 nitrogen and oxygen atoms in total. The summed E-state index contributed by atoms with van der Waals surface area (Å²) in [6, 6.07) is 5.60. The van der Waals surface area contributed by atoms with Gasteiger partial charge in [0.25, 0.3) is 0 Å². The van der Waals surface area contributed by atoms with Gasteiger partial charge in [-0.1, -0.05) is 0 Å². The summed E-state index contributed by atoms with van der Waals surface area (Å²) in [4.78, 5) is 15.4. The summed E-state index contributed by atoms with van der Waals surface area (Å²) in [6.45, 7) is 0.611. The zero-order valence-corrected chi connectivity index (χ0v) is 9.60. The molecule has 4 heteroatoms. The van der Waals surface area contributed by atoms with E-state index in [1.165, 1.54) is 24.3 Å². The SMILES string of the molecule is O=C(CCCCN=C=S)c1ccc(F)cc1. The zero-order valence-electron chi connectivity index (χ0n) is 8.78. The van der Waals surface area contributed by atoms with Gasteiger partial charge in [-0.05, 0) is 49.3 Å². The molecule has 0 saturated carbocycles. The Morgan fingerprint density at radius 3 is 2.62 bits per heavy atom.